The average molecular weight is 706 g/mol. The Bertz CT molecular complexity index is 656. The number of thiophene rings is 1. The topological polar surface area (TPSA) is 18.5 Å². The Morgan fingerprint density at radius 1 is 0.588 bits per heavy atom. The Balaban J connectivity index is 2.16. The Labute approximate surface area is 225 Å². The van der Waals surface area contributed by atoms with Gasteiger partial charge >= 0.3 is 213 Å². The molecule has 0 N–H and O–H groups in total. The van der Waals surface area contributed by atoms with Gasteiger partial charge in [0.1, 0.15) is 0 Å². The number of ether oxygens (including phenoxy) is 2. The molecular weight excluding hydrogens is 650 g/mol. The van der Waals surface area contributed by atoms with Crippen LogP contribution in [-0.2, 0) is 0 Å². The molecule has 1 aromatic rings. The third-order valence-electron chi connectivity index (χ3n) is 7.35. The van der Waals surface area contributed by atoms with Crippen molar-refractivity contribution in [3.05, 3.63) is 0 Å². The van der Waals surface area contributed by atoms with Crippen LogP contribution in [-0.4, -0.2) is 50.0 Å². The van der Waals surface area contributed by atoms with E-state index in [9.17, 15) is 0 Å². The van der Waals surface area contributed by atoms with E-state index in [4.69, 9.17) is 9.47 Å². The molecule has 2 rings (SSSR count). The van der Waals surface area contributed by atoms with Crippen molar-refractivity contribution in [1.29, 1.82) is 0 Å². The summed E-state index contributed by atoms with van der Waals surface area (Å²) in [5.74, 6) is 2.39. The molecule has 0 radical (unpaired) electrons. The van der Waals surface area contributed by atoms with Crippen molar-refractivity contribution < 1.29 is 9.47 Å². The molecule has 0 spiro atoms. The van der Waals surface area contributed by atoms with Gasteiger partial charge in [0.15, 0.2) is 0 Å². The molecule has 5 heteroatoms. The van der Waals surface area contributed by atoms with Gasteiger partial charge in [0.25, 0.3) is 0 Å². The molecule has 0 aromatic carbocycles. The monoisotopic (exact) mass is 708 g/mol. The summed E-state index contributed by atoms with van der Waals surface area (Å²) in [6.45, 7) is 6.35. The summed E-state index contributed by atoms with van der Waals surface area (Å²) < 4.78 is 16.9. The fourth-order valence-corrected chi connectivity index (χ4v) is 20.9. The number of unbranched alkanes of at least 4 members (excludes halogenated alkanes) is 10. The molecule has 0 atom stereocenters. The van der Waals surface area contributed by atoms with E-state index in [2.05, 4.69) is 54.8 Å². The van der Waals surface area contributed by atoms with E-state index in [1.54, 1.807) is 5.79 Å². The van der Waals surface area contributed by atoms with Crippen LogP contribution in [0.2, 0.25) is 29.6 Å². The van der Waals surface area contributed by atoms with Gasteiger partial charge in [-0.25, -0.2) is 0 Å². The number of hydrogen-bond donors (Lipinski definition) is 0. The van der Waals surface area contributed by atoms with E-state index in [1.807, 2.05) is 0 Å². The molecular formula is C29H56O2SSn2. The summed E-state index contributed by atoms with van der Waals surface area (Å²) in [5.41, 5.74) is 0.196. The molecule has 0 aliphatic carbocycles. The standard InChI is InChI=1S/C23H38O2S.6CH3.2Sn/c1-3-5-7-9-11-13-15-23(16-14-12-10-8-6-4-2)19-24-21-17-26-18-22(21)25-20-23;;;;;;;;/h3-16,19-20H2,1-2H3;6*1H3;;. The first-order valence-electron chi connectivity index (χ1n) is 14.5. The second-order valence-corrected chi connectivity index (χ2v) is 44.7. The van der Waals surface area contributed by atoms with Crippen LogP contribution in [0.1, 0.15) is 104 Å². The van der Waals surface area contributed by atoms with E-state index < -0.39 is 36.8 Å². The van der Waals surface area contributed by atoms with Crippen LogP contribution in [0.5, 0.6) is 11.5 Å². The average Bonchev–Trinajstić information content (AvgIpc) is 3.06. The number of hydrogen-bond acceptors (Lipinski definition) is 3. The van der Waals surface area contributed by atoms with Gasteiger partial charge < -0.3 is 0 Å². The Hall–Kier alpha value is 0.897. The predicted molar refractivity (Wildman–Crippen MR) is 160 cm³/mol. The summed E-state index contributed by atoms with van der Waals surface area (Å²) in [7, 11) is 0. The molecule has 2 nitrogen and oxygen atoms in total. The van der Waals surface area contributed by atoms with Gasteiger partial charge in [0, 0.05) is 0 Å². The Morgan fingerprint density at radius 2 is 0.941 bits per heavy atom. The van der Waals surface area contributed by atoms with E-state index in [1.165, 1.54) is 101 Å². The van der Waals surface area contributed by atoms with Crippen LogP contribution in [0.15, 0.2) is 0 Å². The second-order valence-electron chi connectivity index (χ2n) is 13.0. The number of rotatable bonds is 16. The van der Waals surface area contributed by atoms with Gasteiger partial charge in [-0.15, -0.1) is 0 Å². The Kier molecular flexibility index (Phi) is 13.5. The molecule has 0 saturated carbocycles. The normalized spacial score (nSPS) is 16.0. The predicted octanol–water partition coefficient (Wildman–Crippen LogP) is 9.10. The van der Waals surface area contributed by atoms with Crippen molar-refractivity contribution >= 4 is 53.9 Å². The van der Waals surface area contributed by atoms with Crippen molar-refractivity contribution in [2.75, 3.05) is 13.2 Å². The van der Waals surface area contributed by atoms with Crippen molar-refractivity contribution in [1.82, 2.24) is 0 Å². The molecule has 1 aliphatic rings. The first-order valence-corrected chi connectivity index (χ1v) is 35.3. The third kappa shape index (κ3) is 9.65. The van der Waals surface area contributed by atoms with Crippen molar-refractivity contribution in [3.63, 3.8) is 0 Å². The van der Waals surface area contributed by atoms with Crippen molar-refractivity contribution in [3.8, 4) is 11.5 Å². The molecule has 0 unspecified atom stereocenters. The zero-order valence-electron chi connectivity index (χ0n) is 24.0. The summed E-state index contributed by atoms with van der Waals surface area (Å²) in [5, 5.41) is 0. The van der Waals surface area contributed by atoms with Gasteiger partial charge in [-0.3, -0.25) is 0 Å². The zero-order chi connectivity index (χ0) is 25.2. The molecule has 0 amide bonds. The number of fused-ring (bicyclic) bond motifs is 1. The van der Waals surface area contributed by atoms with E-state index in [0.29, 0.717) is 0 Å². The van der Waals surface area contributed by atoms with Crippen LogP contribution in [0.3, 0.4) is 0 Å². The SMILES string of the molecule is CCCCCCCCC1(CCCCCCCC)COc2[c]([Sn]([CH3])([CH3])[CH3])s[c]([Sn]([CH3])([CH3])[CH3])c2OC1. The van der Waals surface area contributed by atoms with E-state index in [0.717, 1.165) is 13.2 Å². The van der Waals surface area contributed by atoms with Crippen LogP contribution in [0.4, 0.5) is 0 Å². The van der Waals surface area contributed by atoms with E-state index >= 15 is 0 Å². The van der Waals surface area contributed by atoms with Crippen LogP contribution >= 0.6 is 11.3 Å². The molecule has 1 aliphatic heterocycles. The summed E-state index contributed by atoms with van der Waals surface area (Å²) >= 11 is -2.48. The molecule has 198 valence electrons. The van der Waals surface area contributed by atoms with Crippen molar-refractivity contribution in [2.24, 2.45) is 5.41 Å². The van der Waals surface area contributed by atoms with E-state index in [-0.39, 0.29) is 5.41 Å². The van der Waals surface area contributed by atoms with Gasteiger partial charge in [-0.1, -0.05) is 13.8 Å². The van der Waals surface area contributed by atoms with Crippen molar-refractivity contribution in [2.45, 2.75) is 133 Å². The van der Waals surface area contributed by atoms with Crippen LogP contribution < -0.4 is 15.3 Å². The first-order chi connectivity index (χ1) is 16.0. The molecule has 0 saturated heterocycles. The molecule has 34 heavy (non-hydrogen) atoms. The Morgan fingerprint density at radius 3 is 1.29 bits per heavy atom. The van der Waals surface area contributed by atoms with Gasteiger partial charge in [-0.05, 0) is 0 Å². The van der Waals surface area contributed by atoms with Gasteiger partial charge in [-0.2, -0.15) is 0 Å². The van der Waals surface area contributed by atoms with Gasteiger partial charge in [0.2, 0.25) is 0 Å². The molecule has 2 heterocycles. The first kappa shape index (κ1) is 31.1. The fourth-order valence-electron chi connectivity index (χ4n) is 5.12. The minimum atomic E-state index is -2.29. The van der Waals surface area contributed by atoms with Gasteiger partial charge in [0.05, 0.1) is 0 Å². The fraction of sp³-hybridized carbons (Fsp3) is 0.862. The summed E-state index contributed by atoms with van der Waals surface area (Å²) in [4.78, 5) is 15.2. The second kappa shape index (κ2) is 14.7. The quantitative estimate of drug-likeness (QED) is 0.126. The maximum absolute atomic E-state index is 6.86. The maximum atomic E-state index is 6.86. The zero-order valence-corrected chi connectivity index (χ0v) is 30.6. The molecule has 0 fully saturated rings. The molecule has 0 bridgehead atoms. The van der Waals surface area contributed by atoms with Crippen LogP contribution in [0, 0.1) is 5.41 Å². The minimum absolute atomic E-state index is 0.196. The summed E-state index contributed by atoms with van der Waals surface area (Å²) in [6, 6.07) is 0. The van der Waals surface area contributed by atoms with Crippen LogP contribution in [0.25, 0.3) is 0 Å². The summed E-state index contributed by atoms with van der Waals surface area (Å²) in [6.07, 6.45) is 18.9. The third-order valence-corrected chi connectivity index (χ3v) is 27.2. The molecule has 1 aromatic heterocycles.